The van der Waals surface area contributed by atoms with E-state index < -0.39 is 8.32 Å². The first kappa shape index (κ1) is 15.5. The molecular formula is C16H28OSi. The van der Waals surface area contributed by atoms with Crippen LogP contribution in [0, 0.1) is 0 Å². The van der Waals surface area contributed by atoms with Gasteiger partial charge < -0.3 is 4.43 Å². The Morgan fingerprint density at radius 3 is 2.17 bits per heavy atom. The van der Waals surface area contributed by atoms with Crippen LogP contribution < -0.4 is 0 Å². The van der Waals surface area contributed by atoms with E-state index in [0.29, 0.717) is 11.0 Å². The van der Waals surface area contributed by atoms with Crippen LogP contribution in [0.5, 0.6) is 0 Å². The van der Waals surface area contributed by atoms with Gasteiger partial charge in [0.15, 0.2) is 8.32 Å². The van der Waals surface area contributed by atoms with Gasteiger partial charge in [-0.25, -0.2) is 0 Å². The van der Waals surface area contributed by atoms with Gasteiger partial charge in [-0.2, -0.15) is 0 Å². The Morgan fingerprint density at radius 2 is 1.67 bits per heavy atom. The van der Waals surface area contributed by atoms with Crippen molar-refractivity contribution in [3.63, 3.8) is 0 Å². The third-order valence-corrected chi connectivity index (χ3v) is 8.73. The molecule has 1 unspecified atom stereocenters. The molecule has 0 saturated heterocycles. The number of rotatable bonds is 5. The van der Waals surface area contributed by atoms with Gasteiger partial charge in [-0.3, -0.25) is 0 Å². The van der Waals surface area contributed by atoms with Crippen LogP contribution in [-0.2, 0) is 4.43 Å². The molecule has 0 aliphatic rings. The number of benzene rings is 1. The lowest BCUT2D eigenvalue weighted by Gasteiger charge is -2.36. The second-order valence-electron chi connectivity index (χ2n) is 6.71. The summed E-state index contributed by atoms with van der Waals surface area (Å²) in [5.74, 6) is 0.580. The van der Waals surface area contributed by atoms with Crippen molar-refractivity contribution in [1.29, 1.82) is 0 Å². The number of hydrogen-bond donors (Lipinski definition) is 0. The monoisotopic (exact) mass is 264 g/mol. The van der Waals surface area contributed by atoms with Gasteiger partial charge in [0.2, 0.25) is 0 Å². The molecule has 0 N–H and O–H groups in total. The van der Waals surface area contributed by atoms with Gasteiger partial charge in [-0.05, 0) is 36.0 Å². The first-order chi connectivity index (χ1) is 8.24. The molecule has 1 aromatic carbocycles. The molecule has 1 rings (SSSR count). The lowest BCUT2D eigenvalue weighted by molar-refractivity contribution is 0.274. The molecule has 1 atom stereocenters. The van der Waals surface area contributed by atoms with Gasteiger partial charge in [0, 0.05) is 6.61 Å². The standard InChI is InChI=1S/C16H28OSi/c1-14(15-10-8-7-9-11-15)12-13-17-18(5,6)16(2,3)4/h7-11,14H,12-13H2,1-6H3. The highest BCUT2D eigenvalue weighted by Gasteiger charge is 2.36. The second kappa shape index (κ2) is 6.03. The maximum Gasteiger partial charge on any atom is 0.191 e. The minimum absolute atomic E-state index is 0.309. The van der Waals surface area contributed by atoms with Crippen molar-refractivity contribution in [3.05, 3.63) is 35.9 Å². The van der Waals surface area contributed by atoms with Gasteiger partial charge in [0.05, 0.1) is 0 Å². The van der Waals surface area contributed by atoms with Crippen LogP contribution in [0.1, 0.15) is 45.6 Å². The van der Waals surface area contributed by atoms with Gasteiger partial charge in [-0.1, -0.05) is 58.0 Å². The van der Waals surface area contributed by atoms with Crippen molar-refractivity contribution in [2.45, 2.75) is 58.2 Å². The SMILES string of the molecule is CC(CCO[Si](C)(C)C(C)(C)C)c1ccccc1. The molecule has 0 aliphatic heterocycles. The van der Waals surface area contributed by atoms with Crippen molar-refractivity contribution in [1.82, 2.24) is 0 Å². The Bertz CT molecular complexity index is 351. The molecule has 1 nitrogen and oxygen atoms in total. The van der Waals surface area contributed by atoms with E-state index in [9.17, 15) is 0 Å². The predicted octanol–water partition coefficient (Wildman–Crippen LogP) is 5.20. The summed E-state index contributed by atoms with van der Waals surface area (Å²) in [6.07, 6.45) is 1.11. The molecule has 0 aliphatic carbocycles. The third kappa shape index (κ3) is 4.25. The van der Waals surface area contributed by atoms with E-state index in [4.69, 9.17) is 4.43 Å². The van der Waals surface area contributed by atoms with Crippen LogP contribution in [0.25, 0.3) is 0 Å². The third-order valence-electron chi connectivity index (χ3n) is 4.19. The average molecular weight is 264 g/mol. The molecule has 0 radical (unpaired) electrons. The van der Waals surface area contributed by atoms with Gasteiger partial charge in [0.25, 0.3) is 0 Å². The summed E-state index contributed by atoms with van der Waals surface area (Å²) in [6, 6.07) is 10.7. The Balaban J connectivity index is 2.43. The summed E-state index contributed by atoms with van der Waals surface area (Å²) in [5, 5.41) is 0.309. The molecule has 0 saturated carbocycles. The zero-order valence-corrected chi connectivity index (χ0v) is 13.8. The molecule has 0 fully saturated rings. The Kier molecular flexibility index (Phi) is 5.17. The van der Waals surface area contributed by atoms with E-state index in [-0.39, 0.29) is 0 Å². The lowest BCUT2D eigenvalue weighted by atomic mass is 9.99. The fraction of sp³-hybridized carbons (Fsp3) is 0.625. The Hall–Kier alpha value is -0.603. The molecule has 102 valence electrons. The zero-order valence-electron chi connectivity index (χ0n) is 12.8. The van der Waals surface area contributed by atoms with Crippen LogP contribution in [0.2, 0.25) is 18.1 Å². The summed E-state index contributed by atoms with van der Waals surface area (Å²) in [5.41, 5.74) is 1.41. The largest absolute Gasteiger partial charge is 0.417 e. The molecule has 0 aromatic heterocycles. The lowest BCUT2D eigenvalue weighted by Crippen LogP contribution is -2.41. The van der Waals surface area contributed by atoms with Crippen molar-refractivity contribution < 1.29 is 4.43 Å². The highest BCUT2D eigenvalue weighted by molar-refractivity contribution is 6.74. The van der Waals surface area contributed by atoms with E-state index in [0.717, 1.165) is 13.0 Å². The topological polar surface area (TPSA) is 9.23 Å². The molecular weight excluding hydrogens is 236 g/mol. The van der Waals surface area contributed by atoms with E-state index in [1.54, 1.807) is 0 Å². The van der Waals surface area contributed by atoms with E-state index >= 15 is 0 Å². The summed E-state index contributed by atoms with van der Waals surface area (Å²) in [6.45, 7) is 14.7. The van der Waals surface area contributed by atoms with E-state index in [1.165, 1.54) is 5.56 Å². The fourth-order valence-corrected chi connectivity index (χ4v) is 2.72. The van der Waals surface area contributed by atoms with Gasteiger partial charge in [0.1, 0.15) is 0 Å². The summed E-state index contributed by atoms with van der Waals surface area (Å²) < 4.78 is 6.22. The summed E-state index contributed by atoms with van der Waals surface area (Å²) in [7, 11) is -1.57. The summed E-state index contributed by atoms with van der Waals surface area (Å²) >= 11 is 0. The van der Waals surface area contributed by atoms with Gasteiger partial charge in [-0.15, -0.1) is 0 Å². The van der Waals surface area contributed by atoms with Crippen molar-refractivity contribution in [3.8, 4) is 0 Å². The highest BCUT2D eigenvalue weighted by Crippen LogP contribution is 2.36. The second-order valence-corrected chi connectivity index (χ2v) is 11.5. The normalized spacial score (nSPS) is 14.6. The molecule has 0 bridgehead atoms. The van der Waals surface area contributed by atoms with E-state index in [2.05, 4.69) is 71.1 Å². The summed E-state index contributed by atoms with van der Waals surface area (Å²) in [4.78, 5) is 0. The maximum atomic E-state index is 6.22. The van der Waals surface area contributed by atoms with Crippen molar-refractivity contribution in [2.75, 3.05) is 6.61 Å². The van der Waals surface area contributed by atoms with Crippen LogP contribution in [-0.4, -0.2) is 14.9 Å². The maximum absolute atomic E-state index is 6.22. The van der Waals surface area contributed by atoms with Crippen molar-refractivity contribution in [2.24, 2.45) is 0 Å². The van der Waals surface area contributed by atoms with Gasteiger partial charge >= 0.3 is 0 Å². The number of hydrogen-bond acceptors (Lipinski definition) is 1. The predicted molar refractivity (Wildman–Crippen MR) is 82.6 cm³/mol. The van der Waals surface area contributed by atoms with Crippen LogP contribution >= 0.6 is 0 Å². The minimum Gasteiger partial charge on any atom is -0.417 e. The average Bonchev–Trinajstić information content (AvgIpc) is 2.28. The Morgan fingerprint density at radius 1 is 1.11 bits per heavy atom. The smallest absolute Gasteiger partial charge is 0.191 e. The van der Waals surface area contributed by atoms with Crippen LogP contribution in [0.3, 0.4) is 0 Å². The molecule has 2 heteroatoms. The van der Waals surface area contributed by atoms with Crippen LogP contribution in [0.15, 0.2) is 30.3 Å². The zero-order chi connectivity index (χ0) is 13.8. The first-order valence-electron chi connectivity index (χ1n) is 6.93. The van der Waals surface area contributed by atoms with E-state index in [1.807, 2.05) is 0 Å². The molecule has 0 spiro atoms. The first-order valence-corrected chi connectivity index (χ1v) is 9.84. The molecule has 18 heavy (non-hydrogen) atoms. The highest BCUT2D eigenvalue weighted by atomic mass is 28.4. The molecule has 0 amide bonds. The molecule has 1 aromatic rings. The van der Waals surface area contributed by atoms with Crippen molar-refractivity contribution >= 4 is 8.32 Å². The fourth-order valence-electron chi connectivity index (χ4n) is 1.66. The van der Waals surface area contributed by atoms with Crippen LogP contribution in [0.4, 0.5) is 0 Å². The Labute approximate surface area is 114 Å². The minimum atomic E-state index is -1.57. The quantitative estimate of drug-likeness (QED) is 0.664. The molecule has 0 heterocycles.